The van der Waals surface area contributed by atoms with E-state index in [0.717, 1.165) is 4.68 Å². The first-order valence-corrected chi connectivity index (χ1v) is 11.1. The zero-order valence-corrected chi connectivity index (χ0v) is 18.2. The Hall–Kier alpha value is -3.17. The van der Waals surface area contributed by atoms with Crippen molar-refractivity contribution in [3.8, 4) is 16.8 Å². The van der Waals surface area contributed by atoms with E-state index in [-0.39, 0.29) is 23.5 Å². The van der Waals surface area contributed by atoms with Gasteiger partial charge in [-0.15, -0.1) is 13.2 Å². The zero-order valence-electron chi connectivity index (χ0n) is 17.4. The van der Waals surface area contributed by atoms with Crippen molar-refractivity contribution in [3.05, 3.63) is 91.3 Å². The fourth-order valence-electron chi connectivity index (χ4n) is 3.27. The van der Waals surface area contributed by atoms with E-state index in [1.807, 2.05) is 0 Å². The second-order valence-electron chi connectivity index (χ2n) is 7.04. The molecular weight excluding hydrogens is 439 g/mol. The van der Waals surface area contributed by atoms with Crippen LogP contribution in [-0.2, 0) is 16.2 Å². The highest BCUT2D eigenvalue weighted by atomic mass is 32.2. The van der Waals surface area contributed by atoms with Gasteiger partial charge in [-0.05, 0) is 42.3 Å². The van der Waals surface area contributed by atoms with Gasteiger partial charge >= 0.3 is 6.18 Å². The third kappa shape index (κ3) is 4.68. The Bertz CT molecular complexity index is 1220. The fourth-order valence-corrected chi connectivity index (χ4v) is 4.65. The molecule has 0 fully saturated rings. The summed E-state index contributed by atoms with van der Waals surface area (Å²) in [5, 5.41) is 3.76. The summed E-state index contributed by atoms with van der Waals surface area (Å²) in [6.07, 6.45) is -0.422. The third-order valence-electron chi connectivity index (χ3n) is 4.82. The Kier molecular flexibility index (Phi) is 6.71. The molecule has 0 saturated carbocycles. The lowest BCUT2D eigenvalue weighted by molar-refractivity contribution is -0.140. The molecule has 0 bridgehead atoms. The molecule has 1 aromatic heterocycles. The highest BCUT2D eigenvalue weighted by molar-refractivity contribution is 7.89. The van der Waals surface area contributed by atoms with Crippen molar-refractivity contribution in [2.75, 3.05) is 13.1 Å². The maximum absolute atomic E-state index is 13.7. The van der Waals surface area contributed by atoms with Crippen LogP contribution in [0.5, 0.6) is 0 Å². The van der Waals surface area contributed by atoms with Crippen LogP contribution in [-0.4, -0.2) is 35.6 Å². The lowest BCUT2D eigenvalue weighted by atomic mass is 10.0. The molecule has 2 aromatic carbocycles. The van der Waals surface area contributed by atoms with E-state index >= 15 is 0 Å². The molecule has 5 nitrogen and oxygen atoms in total. The predicted molar refractivity (Wildman–Crippen MR) is 118 cm³/mol. The third-order valence-corrected chi connectivity index (χ3v) is 6.67. The molecule has 32 heavy (non-hydrogen) atoms. The van der Waals surface area contributed by atoms with Gasteiger partial charge in [0.2, 0.25) is 10.0 Å². The van der Waals surface area contributed by atoms with Crippen LogP contribution in [0.3, 0.4) is 0 Å². The average molecular weight is 462 g/mol. The summed E-state index contributed by atoms with van der Waals surface area (Å²) in [7, 11) is -3.82. The molecular formula is C23H22F3N3O2S. The molecule has 0 N–H and O–H groups in total. The summed E-state index contributed by atoms with van der Waals surface area (Å²) in [5.74, 6) is 0. The minimum Gasteiger partial charge on any atom is -0.240 e. The normalized spacial score (nSPS) is 12.2. The van der Waals surface area contributed by atoms with E-state index < -0.39 is 21.9 Å². The van der Waals surface area contributed by atoms with Crippen molar-refractivity contribution in [1.82, 2.24) is 14.1 Å². The molecule has 0 saturated heterocycles. The Morgan fingerprint density at radius 2 is 1.59 bits per heavy atom. The van der Waals surface area contributed by atoms with Gasteiger partial charge in [-0.1, -0.05) is 36.4 Å². The smallest absolute Gasteiger partial charge is 0.240 e. The lowest BCUT2D eigenvalue weighted by Crippen LogP contribution is -2.31. The van der Waals surface area contributed by atoms with Crippen LogP contribution >= 0.6 is 0 Å². The number of hydrogen-bond acceptors (Lipinski definition) is 3. The molecule has 0 aliphatic heterocycles. The van der Waals surface area contributed by atoms with Crippen LogP contribution in [0.25, 0.3) is 16.8 Å². The Morgan fingerprint density at radius 1 is 1.00 bits per heavy atom. The largest absolute Gasteiger partial charge is 0.435 e. The molecule has 3 rings (SSSR count). The topological polar surface area (TPSA) is 55.2 Å². The van der Waals surface area contributed by atoms with Crippen molar-refractivity contribution in [2.45, 2.75) is 18.0 Å². The Morgan fingerprint density at radius 3 is 2.12 bits per heavy atom. The fraction of sp³-hybridized carbons (Fsp3) is 0.174. The summed E-state index contributed by atoms with van der Waals surface area (Å²) in [6.45, 7) is 9.05. The molecule has 0 spiro atoms. The predicted octanol–water partition coefficient (Wildman–Crippen LogP) is 5.23. The van der Waals surface area contributed by atoms with Crippen molar-refractivity contribution < 1.29 is 21.6 Å². The van der Waals surface area contributed by atoms with Gasteiger partial charge in [0.15, 0.2) is 5.69 Å². The highest BCUT2D eigenvalue weighted by Gasteiger charge is 2.38. The Labute approximate surface area is 185 Å². The number of hydrogen-bond donors (Lipinski definition) is 0. The van der Waals surface area contributed by atoms with Crippen molar-refractivity contribution >= 4 is 10.0 Å². The molecule has 9 heteroatoms. The number of alkyl halides is 3. The van der Waals surface area contributed by atoms with Crippen LogP contribution in [0.15, 0.2) is 84.9 Å². The van der Waals surface area contributed by atoms with Crippen LogP contribution in [0.1, 0.15) is 11.3 Å². The van der Waals surface area contributed by atoms with Gasteiger partial charge in [0.25, 0.3) is 0 Å². The van der Waals surface area contributed by atoms with Crippen LogP contribution < -0.4 is 0 Å². The van der Waals surface area contributed by atoms with Crippen molar-refractivity contribution in [1.29, 1.82) is 0 Å². The molecule has 0 atom stereocenters. The summed E-state index contributed by atoms with van der Waals surface area (Å²) in [5.41, 5.74) is 0.355. The summed E-state index contributed by atoms with van der Waals surface area (Å²) in [6, 6.07) is 12.3. The highest BCUT2D eigenvalue weighted by Crippen LogP contribution is 2.37. The maximum atomic E-state index is 13.7. The van der Waals surface area contributed by atoms with E-state index in [0.29, 0.717) is 16.8 Å². The number of aromatic nitrogens is 2. The lowest BCUT2D eigenvalue weighted by Gasteiger charge is -2.19. The van der Waals surface area contributed by atoms with E-state index in [2.05, 4.69) is 18.3 Å². The van der Waals surface area contributed by atoms with Gasteiger partial charge in [0, 0.05) is 24.8 Å². The van der Waals surface area contributed by atoms with Crippen LogP contribution in [0.2, 0.25) is 0 Å². The SMILES string of the molecule is C=CCN(CC=C)S(=O)(=O)c1ccc(-n2cc(-c3ccccc3C)c(C(F)(F)F)n2)cc1. The quantitative estimate of drug-likeness (QED) is 0.432. The van der Waals surface area contributed by atoms with Gasteiger partial charge in [0.05, 0.1) is 10.6 Å². The molecule has 0 radical (unpaired) electrons. The zero-order chi connectivity index (χ0) is 23.5. The monoisotopic (exact) mass is 461 g/mol. The number of rotatable bonds is 8. The minimum absolute atomic E-state index is 0.00674. The first kappa shape index (κ1) is 23.5. The van der Waals surface area contributed by atoms with Gasteiger partial charge in [-0.25, -0.2) is 13.1 Å². The first-order valence-electron chi connectivity index (χ1n) is 9.65. The summed E-state index contributed by atoms with van der Waals surface area (Å²) >= 11 is 0. The van der Waals surface area contributed by atoms with Gasteiger partial charge in [-0.2, -0.15) is 22.6 Å². The van der Waals surface area contributed by atoms with E-state index in [9.17, 15) is 21.6 Å². The molecule has 3 aromatic rings. The molecule has 168 valence electrons. The summed E-state index contributed by atoms with van der Waals surface area (Å²) in [4.78, 5) is 0.00674. The number of nitrogens with zero attached hydrogens (tertiary/aromatic N) is 3. The standard InChI is InChI=1S/C23H22F3N3O2S/c1-4-14-28(15-5-2)32(30,31)19-12-10-18(11-13-19)29-16-21(22(27-29)23(24,25)26)20-9-7-6-8-17(20)3/h4-13,16H,1-2,14-15H2,3H3. The van der Waals surface area contributed by atoms with E-state index in [1.165, 1.54) is 46.9 Å². The van der Waals surface area contributed by atoms with Crippen molar-refractivity contribution in [2.24, 2.45) is 0 Å². The van der Waals surface area contributed by atoms with Gasteiger partial charge in [-0.3, -0.25) is 0 Å². The number of aryl methyl sites for hydroxylation is 1. The Balaban J connectivity index is 2.04. The second kappa shape index (κ2) is 9.13. The molecule has 0 aliphatic rings. The molecule has 0 amide bonds. The van der Waals surface area contributed by atoms with Gasteiger partial charge < -0.3 is 0 Å². The minimum atomic E-state index is -4.65. The number of halogens is 3. The van der Waals surface area contributed by atoms with Gasteiger partial charge in [0.1, 0.15) is 0 Å². The number of benzene rings is 2. The summed E-state index contributed by atoms with van der Waals surface area (Å²) < 4.78 is 69.0. The van der Waals surface area contributed by atoms with E-state index in [4.69, 9.17) is 0 Å². The molecule has 0 aliphatic carbocycles. The first-order chi connectivity index (χ1) is 15.1. The van der Waals surface area contributed by atoms with Crippen LogP contribution in [0.4, 0.5) is 13.2 Å². The number of sulfonamides is 1. The second-order valence-corrected chi connectivity index (χ2v) is 8.98. The van der Waals surface area contributed by atoms with Crippen molar-refractivity contribution in [3.63, 3.8) is 0 Å². The molecule has 0 unspecified atom stereocenters. The molecule has 1 heterocycles. The van der Waals surface area contributed by atoms with E-state index in [1.54, 1.807) is 31.2 Å². The average Bonchev–Trinajstić information content (AvgIpc) is 3.20. The maximum Gasteiger partial charge on any atom is 0.435 e. The van der Waals surface area contributed by atoms with Crippen LogP contribution in [0, 0.1) is 6.92 Å².